The summed E-state index contributed by atoms with van der Waals surface area (Å²) in [6, 6.07) is 7.86. The summed E-state index contributed by atoms with van der Waals surface area (Å²) >= 11 is 0. The predicted octanol–water partition coefficient (Wildman–Crippen LogP) is 2.88. The number of hydrogen-bond acceptors (Lipinski definition) is 4. The smallest absolute Gasteiger partial charge is 0.254 e. The van der Waals surface area contributed by atoms with E-state index in [1.165, 1.54) is 0 Å². The zero-order chi connectivity index (χ0) is 19.2. The van der Waals surface area contributed by atoms with Gasteiger partial charge in [0.2, 0.25) is 5.91 Å². The van der Waals surface area contributed by atoms with Crippen LogP contribution < -0.4 is 20.1 Å². The van der Waals surface area contributed by atoms with Crippen molar-refractivity contribution in [1.82, 2.24) is 5.32 Å². The second-order valence-electron chi connectivity index (χ2n) is 5.89. The van der Waals surface area contributed by atoms with E-state index in [1.54, 1.807) is 18.2 Å². The van der Waals surface area contributed by atoms with Gasteiger partial charge in [-0.05, 0) is 30.7 Å². The van der Waals surface area contributed by atoms with Crippen LogP contribution in [0.3, 0.4) is 0 Å². The molecule has 1 heterocycles. The maximum Gasteiger partial charge on any atom is 0.254 e. The van der Waals surface area contributed by atoms with Crippen LogP contribution in [0.15, 0.2) is 36.4 Å². The number of fused-ring (bicyclic) bond motifs is 1. The van der Waals surface area contributed by atoms with Gasteiger partial charge >= 0.3 is 0 Å². The molecule has 8 heteroatoms. The largest absolute Gasteiger partial charge is 0.486 e. The lowest BCUT2D eigenvalue weighted by Gasteiger charge is -2.19. The molecule has 6 nitrogen and oxygen atoms in total. The fraction of sp³-hybridized carbons (Fsp3) is 0.263. The molecule has 2 amide bonds. The van der Waals surface area contributed by atoms with Crippen LogP contribution in [0.25, 0.3) is 0 Å². The van der Waals surface area contributed by atoms with E-state index in [-0.39, 0.29) is 24.4 Å². The molecule has 2 aromatic carbocycles. The van der Waals surface area contributed by atoms with Crippen LogP contribution in [0, 0.1) is 11.6 Å². The second-order valence-corrected chi connectivity index (χ2v) is 5.89. The van der Waals surface area contributed by atoms with E-state index in [9.17, 15) is 18.4 Å². The number of carbonyl (C=O) groups is 2. The zero-order valence-electron chi connectivity index (χ0n) is 14.4. The van der Waals surface area contributed by atoms with E-state index in [2.05, 4.69) is 10.6 Å². The Morgan fingerprint density at radius 3 is 2.56 bits per heavy atom. The Morgan fingerprint density at radius 2 is 1.78 bits per heavy atom. The maximum absolute atomic E-state index is 13.5. The van der Waals surface area contributed by atoms with Crippen LogP contribution in [-0.4, -0.2) is 31.6 Å². The van der Waals surface area contributed by atoms with Crippen molar-refractivity contribution in [2.75, 3.05) is 25.1 Å². The van der Waals surface area contributed by atoms with E-state index >= 15 is 0 Å². The van der Waals surface area contributed by atoms with E-state index in [4.69, 9.17) is 9.47 Å². The molecular formula is C19H18F2N2O4. The topological polar surface area (TPSA) is 76.7 Å². The summed E-state index contributed by atoms with van der Waals surface area (Å²) in [6.07, 6.45) is 0.533. The van der Waals surface area contributed by atoms with Gasteiger partial charge in [-0.3, -0.25) is 9.59 Å². The Morgan fingerprint density at radius 1 is 1.00 bits per heavy atom. The van der Waals surface area contributed by atoms with Crippen molar-refractivity contribution in [2.24, 2.45) is 0 Å². The molecule has 1 aliphatic heterocycles. The molecule has 0 atom stereocenters. The van der Waals surface area contributed by atoms with E-state index in [0.29, 0.717) is 42.9 Å². The molecule has 2 aromatic rings. The van der Waals surface area contributed by atoms with Crippen molar-refractivity contribution in [1.29, 1.82) is 0 Å². The quantitative estimate of drug-likeness (QED) is 0.760. The number of anilines is 1. The number of carbonyl (C=O) groups excluding carboxylic acids is 2. The lowest BCUT2D eigenvalue weighted by Crippen LogP contribution is -2.26. The van der Waals surface area contributed by atoms with E-state index in [1.807, 2.05) is 0 Å². The third kappa shape index (κ3) is 4.93. The van der Waals surface area contributed by atoms with E-state index < -0.39 is 17.5 Å². The third-order valence-electron chi connectivity index (χ3n) is 3.87. The van der Waals surface area contributed by atoms with Gasteiger partial charge in [0, 0.05) is 30.8 Å². The number of benzene rings is 2. The van der Waals surface area contributed by atoms with Gasteiger partial charge in [-0.1, -0.05) is 0 Å². The van der Waals surface area contributed by atoms with Gasteiger partial charge < -0.3 is 20.1 Å². The Hall–Kier alpha value is -3.16. The summed E-state index contributed by atoms with van der Waals surface area (Å²) in [5.74, 6) is -1.35. The van der Waals surface area contributed by atoms with Gasteiger partial charge in [-0.25, -0.2) is 8.78 Å². The average Bonchev–Trinajstić information content (AvgIpc) is 2.65. The zero-order valence-corrected chi connectivity index (χ0v) is 14.4. The van der Waals surface area contributed by atoms with Crippen LogP contribution in [-0.2, 0) is 4.79 Å². The minimum Gasteiger partial charge on any atom is -0.486 e. The number of nitrogens with one attached hydrogen (secondary N) is 2. The van der Waals surface area contributed by atoms with Gasteiger partial charge in [0.1, 0.15) is 24.8 Å². The van der Waals surface area contributed by atoms with Gasteiger partial charge in [0.05, 0.1) is 5.56 Å². The lowest BCUT2D eigenvalue weighted by molar-refractivity contribution is -0.116. The molecule has 0 saturated heterocycles. The molecule has 3 rings (SSSR count). The SMILES string of the molecule is O=C(CCCNC(=O)c1ccc(F)cc1F)Nc1ccc2c(c1)OCCO2. The van der Waals surface area contributed by atoms with Crippen molar-refractivity contribution in [2.45, 2.75) is 12.8 Å². The van der Waals surface area contributed by atoms with Crippen molar-refractivity contribution in [3.05, 3.63) is 53.6 Å². The minimum absolute atomic E-state index is 0.167. The summed E-state index contributed by atoms with van der Waals surface area (Å²) in [5.41, 5.74) is 0.346. The lowest BCUT2D eigenvalue weighted by atomic mass is 10.2. The summed E-state index contributed by atoms with van der Waals surface area (Å²) in [7, 11) is 0. The standard InChI is InChI=1S/C19H18F2N2O4/c20-12-3-5-14(15(21)10-12)19(25)22-7-1-2-18(24)23-13-4-6-16-17(11-13)27-9-8-26-16/h3-6,10-11H,1-2,7-9H2,(H,22,25)(H,23,24). The molecule has 2 N–H and O–H groups in total. The number of halogens is 2. The highest BCUT2D eigenvalue weighted by atomic mass is 19.1. The average molecular weight is 376 g/mol. The molecular weight excluding hydrogens is 358 g/mol. The van der Waals surface area contributed by atoms with Crippen molar-refractivity contribution < 1.29 is 27.8 Å². The highest BCUT2D eigenvalue weighted by molar-refractivity contribution is 5.94. The number of amides is 2. The summed E-state index contributed by atoms with van der Waals surface area (Å²) in [6.45, 7) is 1.13. The van der Waals surface area contributed by atoms with Crippen LogP contribution in [0.1, 0.15) is 23.2 Å². The molecule has 0 unspecified atom stereocenters. The monoisotopic (exact) mass is 376 g/mol. The highest BCUT2D eigenvalue weighted by Gasteiger charge is 2.14. The Kier molecular flexibility index (Phi) is 5.85. The fourth-order valence-electron chi connectivity index (χ4n) is 2.56. The second kappa shape index (κ2) is 8.48. The predicted molar refractivity (Wildman–Crippen MR) is 94.0 cm³/mol. The Balaban J connectivity index is 1.42. The minimum atomic E-state index is -0.927. The summed E-state index contributed by atoms with van der Waals surface area (Å²) in [4.78, 5) is 23.8. The van der Waals surface area contributed by atoms with Gasteiger partial charge in [0.15, 0.2) is 11.5 Å². The first-order chi connectivity index (χ1) is 13.0. The third-order valence-corrected chi connectivity index (χ3v) is 3.87. The van der Waals surface area contributed by atoms with Gasteiger partial charge in [0.25, 0.3) is 5.91 Å². The van der Waals surface area contributed by atoms with Gasteiger partial charge in [-0.2, -0.15) is 0 Å². The molecule has 142 valence electrons. The van der Waals surface area contributed by atoms with Crippen molar-refractivity contribution >= 4 is 17.5 Å². The first-order valence-corrected chi connectivity index (χ1v) is 8.45. The molecule has 0 aliphatic carbocycles. The molecule has 0 spiro atoms. The number of hydrogen-bond donors (Lipinski definition) is 2. The number of rotatable bonds is 6. The molecule has 27 heavy (non-hydrogen) atoms. The van der Waals surface area contributed by atoms with Crippen LogP contribution in [0.4, 0.5) is 14.5 Å². The maximum atomic E-state index is 13.5. The summed E-state index contributed by atoms with van der Waals surface area (Å²) < 4.78 is 37.2. The van der Waals surface area contributed by atoms with Crippen molar-refractivity contribution in [3.63, 3.8) is 0 Å². The Bertz CT molecular complexity index is 858. The normalized spacial score (nSPS) is 12.4. The van der Waals surface area contributed by atoms with Crippen LogP contribution >= 0.6 is 0 Å². The number of ether oxygens (including phenoxy) is 2. The molecule has 0 aromatic heterocycles. The molecule has 0 fully saturated rings. The van der Waals surface area contributed by atoms with Crippen molar-refractivity contribution in [3.8, 4) is 11.5 Å². The fourth-order valence-corrected chi connectivity index (χ4v) is 2.56. The molecule has 0 radical (unpaired) electrons. The van der Waals surface area contributed by atoms with Crippen LogP contribution in [0.5, 0.6) is 11.5 Å². The molecule has 0 bridgehead atoms. The van der Waals surface area contributed by atoms with Crippen LogP contribution in [0.2, 0.25) is 0 Å². The first-order valence-electron chi connectivity index (χ1n) is 8.45. The highest BCUT2D eigenvalue weighted by Crippen LogP contribution is 2.32. The Labute approximate surface area is 154 Å². The van der Waals surface area contributed by atoms with E-state index in [0.717, 1.165) is 12.1 Å². The van der Waals surface area contributed by atoms with Gasteiger partial charge in [-0.15, -0.1) is 0 Å². The molecule has 1 aliphatic rings. The summed E-state index contributed by atoms with van der Waals surface area (Å²) in [5, 5.41) is 5.24. The molecule has 0 saturated carbocycles. The first kappa shape index (κ1) is 18.6.